The number of hydrogen-bond donors (Lipinski definition) is 2. The number of aliphatic hydroxyl groups excluding tert-OH is 2. The fraction of sp³-hybridized carbons (Fsp3) is 0.455. The van der Waals surface area contributed by atoms with Crippen LogP contribution in [-0.4, -0.2) is 47.5 Å². The van der Waals surface area contributed by atoms with Crippen LogP contribution in [0.1, 0.15) is 42.6 Å². The first-order chi connectivity index (χ1) is 13.1. The van der Waals surface area contributed by atoms with Crippen molar-refractivity contribution in [2.24, 2.45) is 0 Å². The molecule has 0 aromatic heterocycles. The van der Waals surface area contributed by atoms with Crippen molar-refractivity contribution < 1.29 is 19.7 Å². The highest BCUT2D eigenvalue weighted by molar-refractivity contribution is 5.38. The molecule has 0 amide bonds. The molecule has 2 N–H and O–H groups in total. The summed E-state index contributed by atoms with van der Waals surface area (Å²) in [6.45, 7) is 2.30. The number of ether oxygens (including phenoxy) is 2. The molecule has 1 spiro atoms. The van der Waals surface area contributed by atoms with Crippen LogP contribution in [0.15, 0.2) is 48.5 Å². The second kappa shape index (κ2) is 7.50. The maximum atomic E-state index is 10.6. The molecule has 1 fully saturated rings. The normalized spacial score (nSPS) is 22.7. The van der Waals surface area contributed by atoms with Gasteiger partial charge in [0.05, 0.1) is 19.3 Å². The van der Waals surface area contributed by atoms with Gasteiger partial charge in [-0.3, -0.25) is 0 Å². The molecule has 27 heavy (non-hydrogen) atoms. The highest BCUT2D eigenvalue weighted by Crippen LogP contribution is 2.44. The molecule has 2 atom stereocenters. The maximum Gasteiger partial charge on any atom is 0.125 e. The van der Waals surface area contributed by atoms with Crippen LogP contribution in [0, 0.1) is 0 Å². The van der Waals surface area contributed by atoms with E-state index in [0.29, 0.717) is 13.0 Å². The molecule has 4 rings (SSSR count). The number of methoxy groups -OCH3 is 1. The molecule has 5 heteroatoms. The molecular weight excluding hydrogens is 342 g/mol. The van der Waals surface area contributed by atoms with Crippen LogP contribution in [0.5, 0.6) is 11.5 Å². The maximum absolute atomic E-state index is 10.6. The quantitative estimate of drug-likeness (QED) is 0.867. The molecule has 1 saturated heterocycles. The molecule has 2 aromatic rings. The van der Waals surface area contributed by atoms with Crippen LogP contribution in [-0.2, 0) is 0 Å². The van der Waals surface area contributed by atoms with Gasteiger partial charge in [-0.2, -0.15) is 0 Å². The molecule has 2 aromatic carbocycles. The first-order valence-electron chi connectivity index (χ1n) is 9.59. The van der Waals surface area contributed by atoms with Gasteiger partial charge in [-0.25, -0.2) is 0 Å². The van der Waals surface area contributed by atoms with Crippen LogP contribution in [0.25, 0.3) is 0 Å². The zero-order chi connectivity index (χ0) is 18.9. The molecule has 0 radical (unpaired) electrons. The zero-order valence-electron chi connectivity index (χ0n) is 15.7. The summed E-state index contributed by atoms with van der Waals surface area (Å²) in [5.41, 5.74) is 1.49. The number of β-amino-alcohol motifs (C(OH)–C–C–N with tert-alkyl or cyclic N) is 1. The minimum absolute atomic E-state index is 0.296. The number of fused-ring (bicyclic) bond motifs is 1. The van der Waals surface area contributed by atoms with Gasteiger partial charge in [0.1, 0.15) is 17.1 Å². The fourth-order valence-corrected chi connectivity index (χ4v) is 4.21. The van der Waals surface area contributed by atoms with Crippen molar-refractivity contribution in [1.82, 2.24) is 4.90 Å². The minimum Gasteiger partial charge on any atom is -0.497 e. The third kappa shape index (κ3) is 3.81. The Morgan fingerprint density at radius 2 is 1.85 bits per heavy atom. The van der Waals surface area contributed by atoms with Gasteiger partial charge < -0.3 is 24.6 Å². The molecule has 0 aliphatic carbocycles. The number of benzene rings is 2. The first kappa shape index (κ1) is 18.3. The van der Waals surface area contributed by atoms with Gasteiger partial charge in [-0.15, -0.1) is 0 Å². The molecule has 0 bridgehead atoms. The third-order valence-electron chi connectivity index (χ3n) is 5.87. The lowest BCUT2D eigenvalue weighted by Gasteiger charge is -2.46. The van der Waals surface area contributed by atoms with Crippen LogP contribution in [0.2, 0.25) is 0 Å². The summed E-state index contributed by atoms with van der Waals surface area (Å²) < 4.78 is 11.5. The second-order valence-electron chi connectivity index (χ2n) is 7.63. The summed E-state index contributed by atoms with van der Waals surface area (Å²) >= 11 is 0. The SMILES string of the molecule is COc1ccc([C@H](O)CN2CCC3(CC2)C[C@@H](O)c2ccccc2O3)cc1. The lowest BCUT2D eigenvalue weighted by atomic mass is 9.81. The fourth-order valence-electron chi connectivity index (χ4n) is 4.21. The van der Waals surface area contributed by atoms with Crippen molar-refractivity contribution in [3.8, 4) is 11.5 Å². The Morgan fingerprint density at radius 1 is 1.15 bits per heavy atom. The highest BCUT2D eigenvalue weighted by atomic mass is 16.5. The van der Waals surface area contributed by atoms with E-state index in [1.165, 1.54) is 0 Å². The van der Waals surface area contributed by atoms with Crippen molar-refractivity contribution in [3.05, 3.63) is 59.7 Å². The summed E-state index contributed by atoms with van der Waals surface area (Å²) in [5.74, 6) is 1.60. The van der Waals surface area contributed by atoms with E-state index < -0.39 is 12.2 Å². The Balaban J connectivity index is 1.36. The van der Waals surface area contributed by atoms with Crippen LogP contribution < -0.4 is 9.47 Å². The Kier molecular flexibility index (Phi) is 5.08. The summed E-state index contributed by atoms with van der Waals surface area (Å²) in [6, 6.07) is 15.3. The lowest BCUT2D eigenvalue weighted by Crippen LogP contribution is -2.51. The van der Waals surface area contributed by atoms with E-state index in [2.05, 4.69) is 4.90 Å². The zero-order valence-corrected chi connectivity index (χ0v) is 15.7. The summed E-state index contributed by atoms with van der Waals surface area (Å²) in [7, 11) is 1.64. The molecule has 2 heterocycles. The Labute approximate surface area is 160 Å². The minimum atomic E-state index is -0.524. The molecule has 0 unspecified atom stereocenters. The van der Waals surface area contributed by atoms with E-state index in [0.717, 1.165) is 48.6 Å². The molecule has 2 aliphatic heterocycles. The van der Waals surface area contributed by atoms with E-state index in [1.54, 1.807) is 7.11 Å². The number of para-hydroxylation sites is 1. The van der Waals surface area contributed by atoms with E-state index in [1.807, 2.05) is 48.5 Å². The van der Waals surface area contributed by atoms with Crippen LogP contribution in [0.4, 0.5) is 0 Å². The predicted molar refractivity (Wildman–Crippen MR) is 103 cm³/mol. The smallest absolute Gasteiger partial charge is 0.125 e. The summed E-state index contributed by atoms with van der Waals surface area (Å²) in [6.07, 6.45) is 1.36. The molecular formula is C22H27NO4. The monoisotopic (exact) mass is 369 g/mol. The first-order valence-corrected chi connectivity index (χ1v) is 9.59. The van der Waals surface area contributed by atoms with Crippen LogP contribution in [0.3, 0.4) is 0 Å². The molecule has 144 valence electrons. The number of rotatable bonds is 4. The molecule has 5 nitrogen and oxygen atoms in total. The average Bonchev–Trinajstić information content (AvgIpc) is 2.70. The van der Waals surface area contributed by atoms with Gasteiger partial charge >= 0.3 is 0 Å². The largest absolute Gasteiger partial charge is 0.497 e. The Hall–Kier alpha value is -2.08. The molecule has 2 aliphatic rings. The van der Waals surface area contributed by atoms with E-state index in [9.17, 15) is 10.2 Å². The average molecular weight is 369 g/mol. The van der Waals surface area contributed by atoms with Gasteiger partial charge in [-0.05, 0) is 36.6 Å². The van der Waals surface area contributed by atoms with Crippen LogP contribution >= 0.6 is 0 Å². The Bertz CT molecular complexity index is 768. The number of nitrogens with zero attached hydrogens (tertiary/aromatic N) is 1. The standard InChI is InChI=1S/C22H27NO4/c1-26-17-8-6-16(7-9-17)20(25)15-23-12-10-22(11-13-23)14-19(24)18-4-2-3-5-21(18)27-22/h2-9,19-20,24-25H,10-15H2,1H3/t19-,20-/m1/s1. The van der Waals surface area contributed by atoms with Crippen molar-refractivity contribution >= 4 is 0 Å². The number of aliphatic hydroxyl groups is 2. The van der Waals surface area contributed by atoms with E-state index in [-0.39, 0.29) is 5.60 Å². The molecule has 0 saturated carbocycles. The number of piperidine rings is 1. The number of hydrogen-bond acceptors (Lipinski definition) is 5. The Morgan fingerprint density at radius 3 is 2.56 bits per heavy atom. The van der Waals surface area contributed by atoms with Gasteiger partial charge in [0, 0.05) is 31.6 Å². The van der Waals surface area contributed by atoms with Crippen molar-refractivity contribution in [2.45, 2.75) is 37.1 Å². The van der Waals surface area contributed by atoms with Gasteiger partial charge in [-0.1, -0.05) is 30.3 Å². The van der Waals surface area contributed by atoms with Gasteiger partial charge in [0.2, 0.25) is 0 Å². The lowest BCUT2D eigenvalue weighted by molar-refractivity contribution is -0.0587. The van der Waals surface area contributed by atoms with Crippen molar-refractivity contribution in [1.29, 1.82) is 0 Å². The predicted octanol–water partition coefficient (Wildman–Crippen LogP) is 3.08. The van der Waals surface area contributed by atoms with E-state index in [4.69, 9.17) is 9.47 Å². The van der Waals surface area contributed by atoms with Gasteiger partial charge in [0.25, 0.3) is 0 Å². The second-order valence-corrected chi connectivity index (χ2v) is 7.63. The van der Waals surface area contributed by atoms with Crippen molar-refractivity contribution in [2.75, 3.05) is 26.7 Å². The summed E-state index contributed by atoms with van der Waals surface area (Å²) in [5, 5.41) is 21.1. The number of likely N-dealkylation sites (tertiary alicyclic amines) is 1. The van der Waals surface area contributed by atoms with E-state index >= 15 is 0 Å². The van der Waals surface area contributed by atoms with Crippen molar-refractivity contribution in [3.63, 3.8) is 0 Å². The third-order valence-corrected chi connectivity index (χ3v) is 5.87. The van der Waals surface area contributed by atoms with Gasteiger partial charge in [0.15, 0.2) is 0 Å². The highest BCUT2D eigenvalue weighted by Gasteiger charge is 2.42. The topological polar surface area (TPSA) is 62.2 Å². The summed E-state index contributed by atoms with van der Waals surface area (Å²) in [4.78, 5) is 2.27.